The topological polar surface area (TPSA) is 53.0 Å². The molecule has 0 aliphatic rings. The summed E-state index contributed by atoms with van der Waals surface area (Å²) in [5.74, 6) is 1.22. The molecule has 0 bridgehead atoms. The van der Waals surface area contributed by atoms with Gasteiger partial charge in [0.2, 0.25) is 0 Å². The molecule has 1 unspecified atom stereocenters. The van der Waals surface area contributed by atoms with Gasteiger partial charge in [-0.1, -0.05) is 27.9 Å². The number of hydrogen-bond acceptors (Lipinski definition) is 5. The molecule has 0 aliphatic carbocycles. The van der Waals surface area contributed by atoms with Gasteiger partial charge in [-0.25, -0.2) is 0 Å². The van der Waals surface area contributed by atoms with Gasteiger partial charge in [0.1, 0.15) is 0 Å². The van der Waals surface area contributed by atoms with Crippen LogP contribution in [0.5, 0.6) is 0 Å². The second kappa shape index (κ2) is 12.0. The zero-order valence-corrected chi connectivity index (χ0v) is 10.8. The van der Waals surface area contributed by atoms with Crippen molar-refractivity contribution in [1.29, 1.82) is 0 Å². The maximum absolute atomic E-state index is 9.94. The lowest BCUT2D eigenvalue weighted by molar-refractivity contribution is 0.534. The summed E-state index contributed by atoms with van der Waals surface area (Å²) in [5, 5.41) is 0. The Morgan fingerprint density at radius 2 is 1.93 bits per heavy atom. The molecule has 0 amide bonds. The number of nitrogens with zero attached hydrogens (tertiary/aromatic N) is 1. The van der Waals surface area contributed by atoms with Crippen molar-refractivity contribution >= 4 is 33.5 Å². The predicted molar refractivity (Wildman–Crippen MR) is 68.7 cm³/mol. The molecular formula is C9H14NO2S3-. The van der Waals surface area contributed by atoms with Crippen LogP contribution in [0.15, 0.2) is 30.6 Å². The Hall–Kier alpha value is -0.0400. The van der Waals surface area contributed by atoms with Crippen molar-refractivity contribution in [3.05, 3.63) is 30.6 Å². The van der Waals surface area contributed by atoms with Gasteiger partial charge in [0.15, 0.2) is 0 Å². The van der Waals surface area contributed by atoms with E-state index in [4.69, 9.17) is 0 Å². The van der Waals surface area contributed by atoms with Crippen molar-refractivity contribution in [2.75, 3.05) is 11.5 Å². The van der Waals surface area contributed by atoms with Crippen LogP contribution in [0.4, 0.5) is 0 Å². The monoisotopic (exact) mass is 264 g/mol. The molecular weight excluding hydrogens is 250 g/mol. The van der Waals surface area contributed by atoms with Crippen LogP contribution in [-0.2, 0) is 11.1 Å². The van der Waals surface area contributed by atoms with Gasteiger partial charge < -0.3 is 4.55 Å². The summed E-state index contributed by atoms with van der Waals surface area (Å²) in [6.45, 7) is 0. The average Bonchev–Trinajstić information content (AvgIpc) is 2.28. The van der Waals surface area contributed by atoms with E-state index in [-0.39, 0.29) is 5.75 Å². The van der Waals surface area contributed by atoms with Crippen LogP contribution >= 0.6 is 22.5 Å². The van der Waals surface area contributed by atoms with Gasteiger partial charge in [-0.3, -0.25) is 9.19 Å². The third kappa shape index (κ3) is 14.0. The van der Waals surface area contributed by atoms with Crippen LogP contribution < -0.4 is 0 Å². The molecule has 0 saturated carbocycles. The van der Waals surface area contributed by atoms with E-state index in [1.165, 1.54) is 10.8 Å². The molecule has 1 atom stereocenters. The van der Waals surface area contributed by atoms with E-state index in [2.05, 4.69) is 16.6 Å². The van der Waals surface area contributed by atoms with Crippen molar-refractivity contribution in [3.63, 3.8) is 0 Å². The quantitative estimate of drug-likeness (QED) is 0.384. The van der Waals surface area contributed by atoms with Gasteiger partial charge in [0.25, 0.3) is 0 Å². The first-order valence-electron chi connectivity index (χ1n) is 4.44. The Labute approximate surface area is 102 Å². The highest BCUT2D eigenvalue weighted by Crippen LogP contribution is 2.07. The van der Waals surface area contributed by atoms with Crippen molar-refractivity contribution in [3.8, 4) is 0 Å². The van der Waals surface area contributed by atoms with Gasteiger partial charge in [-0.05, 0) is 25.0 Å². The number of unbranched alkanes of at least 4 members (excludes halogenated alkanes) is 1. The Balaban J connectivity index is 0.000000280. The SMILES string of the molecule is O=S([O-])CCCCSS.c1ccncc1. The van der Waals surface area contributed by atoms with Gasteiger partial charge in [-0.15, -0.1) is 11.7 Å². The van der Waals surface area contributed by atoms with E-state index in [1.54, 1.807) is 12.4 Å². The maximum Gasteiger partial charge on any atom is 0.0267 e. The van der Waals surface area contributed by atoms with Gasteiger partial charge in [0, 0.05) is 23.9 Å². The third-order valence-electron chi connectivity index (χ3n) is 1.36. The fourth-order valence-corrected chi connectivity index (χ4v) is 1.86. The second-order valence-electron chi connectivity index (χ2n) is 2.57. The molecule has 15 heavy (non-hydrogen) atoms. The molecule has 0 aromatic carbocycles. The first kappa shape index (κ1) is 15.0. The minimum absolute atomic E-state index is 0.286. The number of thiol groups is 1. The van der Waals surface area contributed by atoms with Gasteiger partial charge >= 0.3 is 0 Å². The molecule has 1 heterocycles. The van der Waals surface area contributed by atoms with Crippen molar-refractivity contribution in [2.45, 2.75) is 12.8 Å². The normalized spacial score (nSPS) is 11.3. The largest absolute Gasteiger partial charge is 0.772 e. The minimum atomic E-state index is -1.85. The highest BCUT2D eigenvalue weighted by atomic mass is 33.1. The summed E-state index contributed by atoms with van der Waals surface area (Å²) in [6, 6.07) is 5.72. The van der Waals surface area contributed by atoms with E-state index < -0.39 is 11.1 Å². The van der Waals surface area contributed by atoms with E-state index in [0.717, 1.165) is 18.6 Å². The Kier molecular flexibility index (Phi) is 12.0. The van der Waals surface area contributed by atoms with Crippen molar-refractivity contribution < 1.29 is 8.76 Å². The first-order chi connectivity index (χ1) is 7.27. The van der Waals surface area contributed by atoms with Crippen LogP contribution in [0.2, 0.25) is 0 Å². The molecule has 1 aromatic heterocycles. The predicted octanol–water partition coefficient (Wildman–Crippen LogP) is 2.31. The summed E-state index contributed by atoms with van der Waals surface area (Å²) in [6.07, 6.45) is 5.19. The number of rotatable bonds is 5. The van der Waals surface area contributed by atoms with E-state index >= 15 is 0 Å². The standard InChI is InChI=1S/C5H5N.C4H10O2S3/c1-2-4-6-5-3-1;5-9(6)4-2-1-3-8-7/h1-5H;7H,1-4H2,(H,5,6)/p-1. The molecule has 6 heteroatoms. The summed E-state index contributed by atoms with van der Waals surface area (Å²) >= 11 is 2.05. The zero-order valence-electron chi connectivity index (χ0n) is 8.24. The molecule has 0 saturated heterocycles. The Morgan fingerprint density at radius 3 is 2.27 bits per heavy atom. The van der Waals surface area contributed by atoms with E-state index in [9.17, 15) is 8.76 Å². The second-order valence-corrected chi connectivity index (χ2v) is 5.03. The smallest absolute Gasteiger partial charge is 0.0267 e. The zero-order chi connectivity index (χ0) is 11.4. The average molecular weight is 264 g/mol. The first-order valence-corrected chi connectivity index (χ1v) is 7.72. The molecule has 0 spiro atoms. The Bertz CT molecular complexity index is 220. The number of hydrogen-bond donors (Lipinski definition) is 1. The molecule has 0 aliphatic heterocycles. The fourth-order valence-electron chi connectivity index (χ4n) is 0.699. The summed E-state index contributed by atoms with van der Waals surface area (Å²) < 4.78 is 19.9. The fraction of sp³-hybridized carbons (Fsp3) is 0.444. The Morgan fingerprint density at radius 1 is 1.27 bits per heavy atom. The maximum atomic E-state index is 9.94. The molecule has 86 valence electrons. The van der Waals surface area contributed by atoms with Gasteiger partial charge in [0.05, 0.1) is 0 Å². The van der Waals surface area contributed by atoms with Gasteiger partial charge in [-0.2, -0.15) is 0 Å². The number of aromatic nitrogens is 1. The van der Waals surface area contributed by atoms with Crippen LogP contribution in [0.3, 0.4) is 0 Å². The molecule has 1 rings (SSSR count). The van der Waals surface area contributed by atoms with Crippen LogP contribution in [0.1, 0.15) is 12.8 Å². The van der Waals surface area contributed by atoms with Crippen LogP contribution in [0.25, 0.3) is 0 Å². The van der Waals surface area contributed by atoms with Crippen LogP contribution in [-0.4, -0.2) is 25.3 Å². The summed E-state index contributed by atoms with van der Waals surface area (Å²) in [7, 11) is 1.45. The lowest BCUT2D eigenvalue weighted by atomic mass is 10.4. The number of pyridine rings is 1. The minimum Gasteiger partial charge on any atom is -0.772 e. The molecule has 3 nitrogen and oxygen atoms in total. The molecule has 0 radical (unpaired) electrons. The van der Waals surface area contributed by atoms with Crippen molar-refractivity contribution in [1.82, 2.24) is 4.98 Å². The third-order valence-corrected chi connectivity index (χ3v) is 3.00. The summed E-state index contributed by atoms with van der Waals surface area (Å²) in [4.78, 5) is 3.78. The highest BCUT2D eigenvalue weighted by molar-refractivity contribution is 8.68. The lowest BCUT2D eigenvalue weighted by Gasteiger charge is -2.01. The molecule has 1 aromatic rings. The molecule has 0 N–H and O–H groups in total. The molecule has 0 fully saturated rings. The van der Waals surface area contributed by atoms with Crippen LogP contribution in [0, 0.1) is 0 Å². The van der Waals surface area contributed by atoms with Crippen molar-refractivity contribution in [2.24, 2.45) is 0 Å². The lowest BCUT2D eigenvalue weighted by Crippen LogP contribution is -1.94. The van der Waals surface area contributed by atoms with E-state index in [0.29, 0.717) is 0 Å². The van der Waals surface area contributed by atoms with E-state index in [1.807, 2.05) is 18.2 Å². The summed E-state index contributed by atoms with van der Waals surface area (Å²) in [5.41, 5.74) is 0. The highest BCUT2D eigenvalue weighted by Gasteiger charge is 1.86.